The van der Waals surface area contributed by atoms with Crippen LogP contribution in [-0.4, -0.2) is 12.6 Å². The van der Waals surface area contributed by atoms with Gasteiger partial charge in [-0.3, -0.25) is 0 Å². The zero-order valence-corrected chi connectivity index (χ0v) is 12.5. The number of nitrogen functional groups attached to an aromatic ring is 1. The molecule has 1 aromatic carbocycles. The first-order valence-corrected chi connectivity index (χ1v) is 7.47. The zero-order chi connectivity index (χ0) is 13.0. The fourth-order valence-electron chi connectivity index (χ4n) is 2.33. The van der Waals surface area contributed by atoms with Crippen LogP contribution in [0.15, 0.2) is 18.2 Å². The fourth-order valence-corrected chi connectivity index (χ4v) is 2.82. The monoisotopic (exact) mass is 359 g/mol. The van der Waals surface area contributed by atoms with Crippen LogP contribution in [0, 0.1) is 9.49 Å². The summed E-state index contributed by atoms with van der Waals surface area (Å²) in [6.45, 7) is 0.531. The molecule has 0 atom stereocenters. The van der Waals surface area contributed by atoms with Crippen molar-refractivity contribution < 1.29 is 9.53 Å². The fraction of sp³-hybridized carbons (Fsp3) is 0.500. The first-order chi connectivity index (χ1) is 8.66. The lowest BCUT2D eigenvalue weighted by Crippen LogP contribution is -2.17. The third kappa shape index (κ3) is 3.60. The highest BCUT2D eigenvalue weighted by Crippen LogP contribution is 2.24. The minimum atomic E-state index is -0.295. The van der Waals surface area contributed by atoms with Crippen molar-refractivity contribution in [1.29, 1.82) is 0 Å². The van der Waals surface area contributed by atoms with E-state index in [4.69, 9.17) is 10.5 Å². The third-order valence-electron chi connectivity index (χ3n) is 3.41. The second-order valence-corrected chi connectivity index (χ2v) is 6.08. The van der Waals surface area contributed by atoms with Crippen molar-refractivity contribution >= 4 is 34.2 Å². The van der Waals surface area contributed by atoms with Gasteiger partial charge in [0.25, 0.3) is 0 Å². The summed E-state index contributed by atoms with van der Waals surface area (Å²) < 4.78 is 6.37. The minimum absolute atomic E-state index is 0.295. The standard InChI is InChI=1S/C14H18INO2/c15-11-6-7-13(16)12(8-11)14(17)18-9-10-4-2-1-3-5-10/h6-8,10H,1-5,9,16H2. The molecule has 2 rings (SSSR count). The van der Waals surface area contributed by atoms with Crippen LogP contribution < -0.4 is 5.73 Å². The van der Waals surface area contributed by atoms with Crippen molar-refractivity contribution in [2.45, 2.75) is 32.1 Å². The van der Waals surface area contributed by atoms with Crippen LogP contribution in [-0.2, 0) is 4.74 Å². The molecule has 0 unspecified atom stereocenters. The van der Waals surface area contributed by atoms with Crippen molar-refractivity contribution in [1.82, 2.24) is 0 Å². The van der Waals surface area contributed by atoms with Gasteiger partial charge in [-0.15, -0.1) is 0 Å². The van der Waals surface area contributed by atoms with Crippen LogP contribution in [0.1, 0.15) is 42.5 Å². The molecule has 0 heterocycles. The predicted molar refractivity (Wildman–Crippen MR) is 80.4 cm³/mol. The molecule has 2 N–H and O–H groups in total. The van der Waals surface area contributed by atoms with Gasteiger partial charge < -0.3 is 10.5 Å². The number of hydrogen-bond donors (Lipinski definition) is 1. The number of hydrogen-bond acceptors (Lipinski definition) is 3. The van der Waals surface area contributed by atoms with Crippen molar-refractivity contribution in [3.63, 3.8) is 0 Å². The smallest absolute Gasteiger partial charge is 0.340 e. The molecule has 0 spiro atoms. The molecule has 0 aromatic heterocycles. The van der Waals surface area contributed by atoms with Crippen LogP contribution in [0.25, 0.3) is 0 Å². The molecular formula is C14H18INO2. The Morgan fingerprint density at radius 3 is 2.78 bits per heavy atom. The Bertz CT molecular complexity index is 428. The molecule has 3 nitrogen and oxygen atoms in total. The van der Waals surface area contributed by atoms with Gasteiger partial charge in [-0.1, -0.05) is 19.3 Å². The zero-order valence-electron chi connectivity index (χ0n) is 10.3. The summed E-state index contributed by atoms with van der Waals surface area (Å²) >= 11 is 2.16. The maximum Gasteiger partial charge on any atom is 0.340 e. The number of rotatable bonds is 3. The molecule has 1 saturated carbocycles. The minimum Gasteiger partial charge on any atom is -0.462 e. The lowest BCUT2D eigenvalue weighted by molar-refractivity contribution is 0.0411. The second-order valence-electron chi connectivity index (χ2n) is 4.83. The normalized spacial score (nSPS) is 16.5. The van der Waals surface area contributed by atoms with E-state index in [2.05, 4.69) is 22.6 Å². The Balaban J connectivity index is 1.92. The van der Waals surface area contributed by atoms with Gasteiger partial charge in [0, 0.05) is 9.26 Å². The molecule has 98 valence electrons. The average Bonchev–Trinajstić information content (AvgIpc) is 2.40. The van der Waals surface area contributed by atoms with Gasteiger partial charge in [-0.05, 0) is 59.5 Å². The highest BCUT2D eigenvalue weighted by Gasteiger charge is 2.17. The molecule has 0 amide bonds. The summed E-state index contributed by atoms with van der Waals surface area (Å²) in [5.41, 5.74) is 6.77. The maximum atomic E-state index is 12.0. The van der Waals surface area contributed by atoms with Gasteiger partial charge >= 0.3 is 5.97 Å². The average molecular weight is 359 g/mol. The van der Waals surface area contributed by atoms with E-state index in [0.29, 0.717) is 23.8 Å². The van der Waals surface area contributed by atoms with Crippen LogP contribution >= 0.6 is 22.6 Å². The van der Waals surface area contributed by atoms with E-state index in [9.17, 15) is 4.79 Å². The van der Waals surface area contributed by atoms with E-state index < -0.39 is 0 Å². The number of nitrogens with two attached hydrogens (primary N) is 1. The van der Waals surface area contributed by atoms with Crippen molar-refractivity contribution in [2.75, 3.05) is 12.3 Å². The van der Waals surface area contributed by atoms with Gasteiger partial charge in [0.05, 0.1) is 12.2 Å². The molecule has 18 heavy (non-hydrogen) atoms. The molecule has 0 radical (unpaired) electrons. The van der Waals surface area contributed by atoms with E-state index in [0.717, 1.165) is 3.57 Å². The van der Waals surface area contributed by atoms with Gasteiger partial charge in [-0.2, -0.15) is 0 Å². The molecule has 4 heteroatoms. The van der Waals surface area contributed by atoms with Crippen LogP contribution in [0.2, 0.25) is 0 Å². The predicted octanol–water partition coefficient (Wildman–Crippen LogP) is 3.61. The summed E-state index contributed by atoms with van der Waals surface area (Å²) in [6, 6.07) is 5.41. The van der Waals surface area contributed by atoms with E-state index in [1.165, 1.54) is 32.1 Å². The molecule has 1 aliphatic rings. The van der Waals surface area contributed by atoms with E-state index in [1.54, 1.807) is 12.1 Å². The third-order valence-corrected chi connectivity index (χ3v) is 4.08. The number of esters is 1. The topological polar surface area (TPSA) is 52.3 Å². The maximum absolute atomic E-state index is 12.0. The first kappa shape index (κ1) is 13.6. The van der Waals surface area contributed by atoms with Crippen LogP contribution in [0.3, 0.4) is 0 Å². The summed E-state index contributed by atoms with van der Waals surface area (Å²) in [6.07, 6.45) is 6.18. The number of carbonyl (C=O) groups excluding carboxylic acids is 1. The van der Waals surface area contributed by atoms with Gasteiger partial charge in [-0.25, -0.2) is 4.79 Å². The Hall–Kier alpha value is -0.780. The molecule has 0 saturated heterocycles. The number of anilines is 1. The van der Waals surface area contributed by atoms with Crippen LogP contribution in [0.4, 0.5) is 5.69 Å². The number of halogens is 1. The van der Waals surface area contributed by atoms with Crippen molar-refractivity contribution in [3.05, 3.63) is 27.3 Å². The Labute approximate surface area is 121 Å². The van der Waals surface area contributed by atoms with Crippen molar-refractivity contribution in [2.24, 2.45) is 5.92 Å². The summed E-state index contributed by atoms with van der Waals surface area (Å²) in [5.74, 6) is 0.239. The highest BCUT2D eigenvalue weighted by molar-refractivity contribution is 14.1. The number of benzene rings is 1. The summed E-state index contributed by atoms with van der Waals surface area (Å²) in [4.78, 5) is 12.0. The van der Waals surface area contributed by atoms with Gasteiger partial charge in [0.15, 0.2) is 0 Å². The van der Waals surface area contributed by atoms with Gasteiger partial charge in [0.2, 0.25) is 0 Å². The lowest BCUT2D eigenvalue weighted by atomic mass is 9.90. The van der Waals surface area contributed by atoms with Gasteiger partial charge in [0.1, 0.15) is 0 Å². The first-order valence-electron chi connectivity index (χ1n) is 6.39. The number of carbonyl (C=O) groups is 1. The SMILES string of the molecule is Nc1ccc(I)cc1C(=O)OCC1CCCCC1. The van der Waals surface area contributed by atoms with Crippen molar-refractivity contribution in [3.8, 4) is 0 Å². The molecule has 1 aliphatic carbocycles. The van der Waals surface area contributed by atoms with Crippen LogP contribution in [0.5, 0.6) is 0 Å². The largest absolute Gasteiger partial charge is 0.462 e. The van der Waals surface area contributed by atoms with E-state index >= 15 is 0 Å². The quantitative estimate of drug-likeness (QED) is 0.510. The highest BCUT2D eigenvalue weighted by atomic mass is 127. The molecule has 0 bridgehead atoms. The second kappa shape index (κ2) is 6.41. The number of ether oxygens (including phenoxy) is 1. The molecular weight excluding hydrogens is 341 g/mol. The summed E-state index contributed by atoms with van der Waals surface area (Å²) in [7, 11) is 0. The molecule has 1 fully saturated rings. The Kier molecular flexibility index (Phi) is 4.86. The summed E-state index contributed by atoms with van der Waals surface area (Å²) in [5, 5.41) is 0. The Morgan fingerprint density at radius 2 is 2.06 bits per heavy atom. The van der Waals surface area contributed by atoms with E-state index in [-0.39, 0.29) is 5.97 Å². The molecule has 1 aromatic rings. The Morgan fingerprint density at radius 1 is 1.33 bits per heavy atom. The molecule has 0 aliphatic heterocycles. The lowest BCUT2D eigenvalue weighted by Gasteiger charge is -2.21. The van der Waals surface area contributed by atoms with E-state index in [1.807, 2.05) is 6.07 Å².